The number of hydrogen-bond acceptors (Lipinski definition) is 6. The molecule has 1 aliphatic heterocycles. The molecule has 3 aromatic carbocycles. The summed E-state index contributed by atoms with van der Waals surface area (Å²) in [5, 5.41) is 11.3. The van der Waals surface area contributed by atoms with Crippen LogP contribution in [-0.4, -0.2) is 42.0 Å². The maximum atomic E-state index is 13.3. The highest BCUT2D eigenvalue weighted by Gasteiger charge is 2.46. The van der Waals surface area contributed by atoms with Crippen molar-refractivity contribution in [2.24, 2.45) is 0 Å². The third-order valence-corrected chi connectivity index (χ3v) is 5.95. The number of amides is 1. The lowest BCUT2D eigenvalue weighted by molar-refractivity contribution is -0.140. The van der Waals surface area contributed by atoms with Gasteiger partial charge in [0.2, 0.25) is 0 Å². The molecule has 4 rings (SSSR count). The minimum atomic E-state index is -0.789. The molecule has 0 aliphatic carbocycles. The summed E-state index contributed by atoms with van der Waals surface area (Å²) in [7, 11) is 1.57. The Morgan fingerprint density at radius 1 is 0.861 bits per heavy atom. The maximum Gasteiger partial charge on any atom is 0.295 e. The van der Waals surface area contributed by atoms with E-state index in [9.17, 15) is 14.7 Å². The molecule has 186 valence electrons. The van der Waals surface area contributed by atoms with Crippen LogP contribution >= 0.6 is 0 Å². The molecule has 0 radical (unpaired) electrons. The predicted octanol–water partition coefficient (Wildman–Crippen LogP) is 5.11. The van der Waals surface area contributed by atoms with Crippen molar-refractivity contribution in [3.05, 3.63) is 95.1 Å². The van der Waals surface area contributed by atoms with Crippen molar-refractivity contribution in [2.75, 3.05) is 20.3 Å². The zero-order valence-electron chi connectivity index (χ0n) is 20.6. The molecular formula is C29H29NO6. The molecule has 7 nitrogen and oxygen atoms in total. The molecule has 1 unspecified atom stereocenters. The number of methoxy groups -OCH3 is 1. The van der Waals surface area contributed by atoms with Crippen LogP contribution in [0.4, 0.5) is 0 Å². The van der Waals surface area contributed by atoms with Crippen molar-refractivity contribution in [3.8, 4) is 17.2 Å². The van der Waals surface area contributed by atoms with Crippen molar-refractivity contribution < 1.29 is 28.9 Å². The average molecular weight is 488 g/mol. The molecule has 3 aromatic rings. The zero-order valence-corrected chi connectivity index (χ0v) is 20.6. The van der Waals surface area contributed by atoms with Crippen molar-refractivity contribution in [3.63, 3.8) is 0 Å². The highest BCUT2D eigenvalue weighted by molar-refractivity contribution is 6.46. The minimum absolute atomic E-state index is 0.0276. The summed E-state index contributed by atoms with van der Waals surface area (Å²) >= 11 is 0. The van der Waals surface area contributed by atoms with Crippen LogP contribution in [0.15, 0.2) is 78.4 Å². The predicted molar refractivity (Wildman–Crippen MR) is 136 cm³/mol. The number of nitrogens with zero attached hydrogens (tertiary/aromatic N) is 1. The van der Waals surface area contributed by atoms with Crippen LogP contribution in [0.1, 0.15) is 36.6 Å². The Balaban J connectivity index is 1.81. The first-order chi connectivity index (χ1) is 17.5. The van der Waals surface area contributed by atoms with Crippen LogP contribution in [0, 0.1) is 0 Å². The van der Waals surface area contributed by atoms with Gasteiger partial charge >= 0.3 is 0 Å². The fraction of sp³-hybridized carbons (Fsp3) is 0.241. The summed E-state index contributed by atoms with van der Waals surface area (Å²) < 4.78 is 16.4. The van der Waals surface area contributed by atoms with E-state index in [1.165, 1.54) is 4.90 Å². The Bertz CT molecular complexity index is 1280. The first-order valence-electron chi connectivity index (χ1n) is 11.8. The van der Waals surface area contributed by atoms with Crippen molar-refractivity contribution >= 4 is 17.4 Å². The van der Waals surface area contributed by atoms with Crippen molar-refractivity contribution in [2.45, 2.75) is 26.4 Å². The number of Topliss-reactive ketones (excluding diaryl/α,β-unsaturated/α-hetero) is 1. The highest BCUT2D eigenvalue weighted by Crippen LogP contribution is 2.41. The fourth-order valence-electron chi connectivity index (χ4n) is 4.33. The topological polar surface area (TPSA) is 85.3 Å². The van der Waals surface area contributed by atoms with Gasteiger partial charge in [0.15, 0.2) is 0 Å². The van der Waals surface area contributed by atoms with E-state index in [2.05, 4.69) is 0 Å². The van der Waals surface area contributed by atoms with E-state index in [0.717, 1.165) is 5.56 Å². The van der Waals surface area contributed by atoms with Crippen LogP contribution in [-0.2, 0) is 16.1 Å². The SMILES string of the molecule is CCOc1cccc(CN2C(=O)C(=O)/C(=C(\O)c3cccc(OCC)c3)C2c2ccc(OC)cc2)c1. The smallest absolute Gasteiger partial charge is 0.295 e. The van der Waals surface area contributed by atoms with Gasteiger partial charge in [-0.15, -0.1) is 0 Å². The van der Waals surface area contributed by atoms with Gasteiger partial charge < -0.3 is 24.2 Å². The molecule has 0 bridgehead atoms. The Labute approximate surface area is 210 Å². The number of aliphatic hydroxyl groups excluding tert-OH is 1. The summed E-state index contributed by atoms with van der Waals surface area (Å²) in [6.07, 6.45) is 0. The standard InChI is InChI=1S/C29H29NO6/c1-4-35-23-10-6-8-19(16-23)18-30-26(20-12-14-22(34-3)15-13-20)25(28(32)29(30)33)27(31)21-9-7-11-24(17-21)36-5-2/h6-17,26,31H,4-5,18H2,1-3H3/b27-25-. The molecule has 0 aromatic heterocycles. The molecule has 1 atom stereocenters. The average Bonchev–Trinajstić information content (AvgIpc) is 3.14. The molecule has 1 saturated heterocycles. The zero-order chi connectivity index (χ0) is 25.7. The molecule has 1 aliphatic rings. The Kier molecular flexibility index (Phi) is 7.59. The molecule has 1 amide bonds. The number of benzene rings is 3. The van der Waals surface area contributed by atoms with Gasteiger partial charge in [0.1, 0.15) is 23.0 Å². The number of carbonyl (C=O) groups is 2. The van der Waals surface area contributed by atoms with E-state index in [0.29, 0.717) is 41.6 Å². The van der Waals surface area contributed by atoms with Gasteiger partial charge in [0.05, 0.1) is 31.9 Å². The molecular weight excluding hydrogens is 458 g/mol. The van der Waals surface area contributed by atoms with Gasteiger partial charge in [-0.3, -0.25) is 9.59 Å². The Morgan fingerprint density at radius 2 is 1.50 bits per heavy atom. The number of carbonyl (C=O) groups excluding carboxylic acids is 2. The van der Waals surface area contributed by atoms with Gasteiger partial charge in [-0.2, -0.15) is 0 Å². The van der Waals surface area contributed by atoms with Gasteiger partial charge in [0.25, 0.3) is 11.7 Å². The summed E-state index contributed by atoms with van der Waals surface area (Å²) in [4.78, 5) is 28.1. The summed E-state index contributed by atoms with van der Waals surface area (Å²) in [6.45, 7) is 4.90. The van der Waals surface area contributed by atoms with E-state index < -0.39 is 17.7 Å². The molecule has 0 saturated carbocycles. The second kappa shape index (κ2) is 11.0. The van der Waals surface area contributed by atoms with Crippen LogP contribution in [0.25, 0.3) is 5.76 Å². The Morgan fingerprint density at radius 3 is 2.14 bits per heavy atom. The van der Waals surface area contributed by atoms with Crippen molar-refractivity contribution in [1.29, 1.82) is 0 Å². The van der Waals surface area contributed by atoms with Gasteiger partial charge in [-0.1, -0.05) is 36.4 Å². The second-order valence-electron chi connectivity index (χ2n) is 8.24. The monoisotopic (exact) mass is 487 g/mol. The molecule has 36 heavy (non-hydrogen) atoms. The molecule has 1 fully saturated rings. The lowest BCUT2D eigenvalue weighted by Crippen LogP contribution is -2.29. The van der Waals surface area contributed by atoms with Crippen LogP contribution < -0.4 is 14.2 Å². The van der Waals surface area contributed by atoms with Crippen molar-refractivity contribution in [1.82, 2.24) is 4.90 Å². The number of ether oxygens (including phenoxy) is 3. The third kappa shape index (κ3) is 5.05. The third-order valence-electron chi connectivity index (χ3n) is 5.95. The van der Waals surface area contributed by atoms with E-state index >= 15 is 0 Å². The molecule has 7 heteroatoms. The first-order valence-corrected chi connectivity index (χ1v) is 11.8. The van der Waals surface area contributed by atoms with E-state index in [4.69, 9.17) is 14.2 Å². The summed E-state index contributed by atoms with van der Waals surface area (Å²) in [6, 6.07) is 20.6. The van der Waals surface area contributed by atoms with Crippen LogP contribution in [0.2, 0.25) is 0 Å². The van der Waals surface area contributed by atoms with E-state index in [-0.39, 0.29) is 17.9 Å². The minimum Gasteiger partial charge on any atom is -0.507 e. The number of likely N-dealkylation sites (tertiary alicyclic amines) is 1. The number of ketones is 1. The van der Waals surface area contributed by atoms with Gasteiger partial charge in [0, 0.05) is 12.1 Å². The van der Waals surface area contributed by atoms with E-state index in [1.54, 1.807) is 55.6 Å². The number of aliphatic hydroxyl groups is 1. The number of hydrogen-bond donors (Lipinski definition) is 1. The number of rotatable bonds is 9. The van der Waals surface area contributed by atoms with Gasteiger partial charge in [-0.05, 0) is 61.4 Å². The van der Waals surface area contributed by atoms with Crippen LogP contribution in [0.5, 0.6) is 17.2 Å². The van der Waals surface area contributed by atoms with E-state index in [1.807, 2.05) is 38.1 Å². The molecule has 1 heterocycles. The Hall–Kier alpha value is -4.26. The quantitative estimate of drug-likeness (QED) is 0.256. The normalized spacial score (nSPS) is 16.8. The summed E-state index contributed by atoms with van der Waals surface area (Å²) in [5.74, 6) is 0.215. The lowest BCUT2D eigenvalue weighted by Gasteiger charge is -2.26. The second-order valence-corrected chi connectivity index (χ2v) is 8.24. The molecule has 1 N–H and O–H groups in total. The maximum absolute atomic E-state index is 13.3. The first kappa shape index (κ1) is 24.9. The van der Waals surface area contributed by atoms with Gasteiger partial charge in [-0.25, -0.2) is 0 Å². The fourth-order valence-corrected chi connectivity index (χ4v) is 4.33. The van der Waals surface area contributed by atoms with Crippen LogP contribution in [0.3, 0.4) is 0 Å². The molecule has 0 spiro atoms. The lowest BCUT2D eigenvalue weighted by atomic mass is 9.95. The summed E-state index contributed by atoms with van der Waals surface area (Å²) in [5.41, 5.74) is 1.91. The highest BCUT2D eigenvalue weighted by atomic mass is 16.5. The largest absolute Gasteiger partial charge is 0.507 e.